The molecule has 7 unspecified atom stereocenters. The van der Waals surface area contributed by atoms with Gasteiger partial charge in [-0.2, -0.15) is 0 Å². The molecule has 4 rings (SSSR count). The van der Waals surface area contributed by atoms with Gasteiger partial charge in [0.25, 0.3) is 0 Å². The van der Waals surface area contributed by atoms with Crippen LogP contribution < -0.4 is 5.73 Å². The van der Waals surface area contributed by atoms with E-state index in [9.17, 15) is 0 Å². The lowest BCUT2D eigenvalue weighted by Gasteiger charge is -2.60. The van der Waals surface area contributed by atoms with Crippen LogP contribution in [0, 0.1) is 34.5 Å². The molecule has 0 aliphatic heterocycles. The van der Waals surface area contributed by atoms with Gasteiger partial charge in [0.1, 0.15) is 7.11 Å². The van der Waals surface area contributed by atoms with E-state index in [0.717, 1.165) is 30.1 Å². The number of hydrogen-bond acceptors (Lipinski definition) is 3. The van der Waals surface area contributed by atoms with Gasteiger partial charge in [-0.3, -0.25) is 0 Å². The molecule has 0 aromatic rings. The number of fused-ring (bicyclic) bond motifs is 5. The first-order chi connectivity index (χ1) is 11.0. The minimum atomic E-state index is 0.432. The van der Waals surface area contributed by atoms with Crippen molar-refractivity contribution >= 4 is 5.71 Å². The van der Waals surface area contributed by atoms with Gasteiger partial charge in [0.15, 0.2) is 0 Å². The molecule has 0 bridgehead atoms. The first-order valence-electron chi connectivity index (χ1n) is 9.83. The van der Waals surface area contributed by atoms with Crippen LogP contribution in [0.15, 0.2) is 5.16 Å². The Morgan fingerprint density at radius 3 is 2.57 bits per heavy atom. The largest absolute Gasteiger partial charge is 0.399 e. The maximum absolute atomic E-state index is 6.53. The molecule has 4 saturated carbocycles. The smallest absolute Gasteiger partial charge is 0.106 e. The minimum Gasteiger partial charge on any atom is -0.399 e. The van der Waals surface area contributed by atoms with Crippen LogP contribution in [-0.2, 0) is 4.84 Å². The van der Waals surface area contributed by atoms with E-state index >= 15 is 0 Å². The van der Waals surface area contributed by atoms with Crippen LogP contribution in [0.4, 0.5) is 0 Å². The standard InChI is InChI=1S/C20H34N2O/c1-19-10-8-14(22-23-3)12-13(19)4-5-15-16-6-7-18(21)20(16,2)11-9-17(15)19/h13,15-18H,4-12,21H2,1-3H3/b22-14+. The van der Waals surface area contributed by atoms with Crippen molar-refractivity contribution in [1.82, 2.24) is 0 Å². The van der Waals surface area contributed by atoms with Gasteiger partial charge >= 0.3 is 0 Å². The van der Waals surface area contributed by atoms with Crippen LogP contribution in [-0.4, -0.2) is 18.9 Å². The Morgan fingerprint density at radius 2 is 1.78 bits per heavy atom. The molecule has 130 valence electrons. The Kier molecular flexibility index (Phi) is 3.79. The van der Waals surface area contributed by atoms with Gasteiger partial charge < -0.3 is 10.6 Å². The van der Waals surface area contributed by atoms with Gasteiger partial charge in [0, 0.05) is 6.04 Å². The average molecular weight is 319 g/mol. The van der Waals surface area contributed by atoms with E-state index in [1.807, 2.05) is 0 Å². The zero-order valence-electron chi connectivity index (χ0n) is 15.2. The van der Waals surface area contributed by atoms with Crippen molar-refractivity contribution in [2.45, 2.75) is 77.7 Å². The Balaban J connectivity index is 1.58. The number of hydrogen-bond donors (Lipinski definition) is 1. The molecule has 23 heavy (non-hydrogen) atoms. The molecule has 0 heterocycles. The molecule has 3 nitrogen and oxygen atoms in total. The lowest BCUT2D eigenvalue weighted by molar-refractivity contribution is -0.0947. The Hall–Kier alpha value is -0.570. The van der Waals surface area contributed by atoms with Crippen molar-refractivity contribution in [2.75, 3.05) is 7.11 Å². The third-order valence-electron chi connectivity index (χ3n) is 8.79. The van der Waals surface area contributed by atoms with Gasteiger partial charge in [-0.1, -0.05) is 19.0 Å². The molecule has 4 fully saturated rings. The van der Waals surface area contributed by atoms with Crippen LogP contribution in [0.5, 0.6) is 0 Å². The lowest BCUT2D eigenvalue weighted by Crippen LogP contribution is -2.54. The van der Waals surface area contributed by atoms with Crippen LogP contribution in [0.2, 0.25) is 0 Å². The first kappa shape index (κ1) is 15.9. The topological polar surface area (TPSA) is 47.6 Å². The highest BCUT2D eigenvalue weighted by atomic mass is 16.6. The van der Waals surface area contributed by atoms with Crippen LogP contribution in [0.3, 0.4) is 0 Å². The molecular formula is C20H34N2O. The summed E-state index contributed by atoms with van der Waals surface area (Å²) in [6, 6.07) is 0.450. The van der Waals surface area contributed by atoms with E-state index < -0.39 is 0 Å². The van der Waals surface area contributed by atoms with Crippen LogP contribution in [0.1, 0.15) is 71.6 Å². The van der Waals surface area contributed by atoms with Gasteiger partial charge in [-0.25, -0.2) is 0 Å². The second-order valence-electron chi connectivity index (χ2n) is 9.43. The van der Waals surface area contributed by atoms with E-state index in [1.54, 1.807) is 7.11 Å². The Labute approximate surface area is 141 Å². The zero-order valence-corrected chi connectivity index (χ0v) is 15.2. The maximum Gasteiger partial charge on any atom is 0.106 e. The predicted molar refractivity (Wildman–Crippen MR) is 94.1 cm³/mol. The monoisotopic (exact) mass is 318 g/mol. The maximum atomic E-state index is 6.53. The molecule has 0 aromatic carbocycles. The van der Waals surface area contributed by atoms with Gasteiger partial charge in [-0.05, 0) is 92.3 Å². The number of nitrogens with two attached hydrogens (primary N) is 1. The fraction of sp³-hybridized carbons (Fsp3) is 0.950. The molecule has 0 aromatic heterocycles. The minimum absolute atomic E-state index is 0.432. The Morgan fingerprint density at radius 1 is 1.00 bits per heavy atom. The summed E-state index contributed by atoms with van der Waals surface area (Å²) in [5, 5.41) is 4.28. The highest BCUT2D eigenvalue weighted by Gasteiger charge is 2.59. The zero-order chi connectivity index (χ0) is 16.2. The summed E-state index contributed by atoms with van der Waals surface area (Å²) in [4.78, 5) is 5.06. The summed E-state index contributed by atoms with van der Waals surface area (Å²) < 4.78 is 0. The van der Waals surface area contributed by atoms with Crippen molar-refractivity contribution in [1.29, 1.82) is 0 Å². The second-order valence-corrected chi connectivity index (χ2v) is 9.43. The van der Waals surface area contributed by atoms with E-state index in [2.05, 4.69) is 19.0 Å². The molecule has 0 radical (unpaired) electrons. The summed E-state index contributed by atoms with van der Waals surface area (Å²) in [6.07, 6.45) is 11.9. The highest BCUT2D eigenvalue weighted by Crippen LogP contribution is 2.65. The molecule has 2 N–H and O–H groups in total. The number of rotatable bonds is 1. The molecule has 7 atom stereocenters. The van der Waals surface area contributed by atoms with E-state index in [1.165, 1.54) is 57.1 Å². The fourth-order valence-electron chi connectivity index (χ4n) is 7.31. The SMILES string of the molecule is CO/N=C1\CCC2(C)C(CCC3C4CCC(N)C4(C)CCC32)C1. The lowest BCUT2D eigenvalue weighted by atomic mass is 9.45. The van der Waals surface area contributed by atoms with E-state index in [0.29, 0.717) is 16.9 Å². The van der Waals surface area contributed by atoms with Gasteiger partial charge in [0.05, 0.1) is 5.71 Å². The van der Waals surface area contributed by atoms with Gasteiger partial charge in [0.2, 0.25) is 0 Å². The van der Waals surface area contributed by atoms with Crippen molar-refractivity contribution < 1.29 is 4.84 Å². The highest BCUT2D eigenvalue weighted by molar-refractivity contribution is 5.85. The normalized spacial score (nSPS) is 54.3. The molecule has 3 heteroatoms. The van der Waals surface area contributed by atoms with Gasteiger partial charge in [-0.15, -0.1) is 0 Å². The predicted octanol–water partition coefficient (Wildman–Crippen LogP) is 4.36. The quantitative estimate of drug-likeness (QED) is 0.730. The summed E-state index contributed by atoms with van der Waals surface area (Å²) in [6.45, 7) is 5.11. The molecule has 4 aliphatic carbocycles. The molecular weight excluding hydrogens is 284 g/mol. The van der Waals surface area contributed by atoms with Crippen LogP contribution >= 0.6 is 0 Å². The second kappa shape index (κ2) is 5.47. The summed E-state index contributed by atoms with van der Waals surface area (Å²) in [5.41, 5.74) is 8.80. The van der Waals surface area contributed by atoms with Crippen molar-refractivity contribution in [2.24, 2.45) is 45.4 Å². The third-order valence-corrected chi connectivity index (χ3v) is 8.79. The van der Waals surface area contributed by atoms with E-state index in [4.69, 9.17) is 10.6 Å². The number of oxime groups is 1. The fourth-order valence-corrected chi connectivity index (χ4v) is 7.31. The average Bonchev–Trinajstić information content (AvgIpc) is 2.84. The van der Waals surface area contributed by atoms with Crippen molar-refractivity contribution in [3.8, 4) is 0 Å². The summed E-state index contributed by atoms with van der Waals surface area (Å²) in [5.74, 6) is 3.58. The summed E-state index contributed by atoms with van der Waals surface area (Å²) >= 11 is 0. The van der Waals surface area contributed by atoms with Crippen LogP contribution in [0.25, 0.3) is 0 Å². The Bertz CT molecular complexity index is 504. The van der Waals surface area contributed by atoms with Crippen molar-refractivity contribution in [3.63, 3.8) is 0 Å². The first-order valence-corrected chi connectivity index (χ1v) is 9.83. The molecule has 0 spiro atoms. The number of nitrogens with zero attached hydrogens (tertiary/aromatic N) is 1. The third kappa shape index (κ3) is 2.22. The molecule has 0 saturated heterocycles. The van der Waals surface area contributed by atoms with E-state index in [-0.39, 0.29) is 0 Å². The molecule has 4 aliphatic rings. The van der Waals surface area contributed by atoms with Crippen molar-refractivity contribution in [3.05, 3.63) is 0 Å². The summed E-state index contributed by atoms with van der Waals surface area (Å²) in [7, 11) is 1.68. The molecule has 0 amide bonds.